The summed E-state index contributed by atoms with van der Waals surface area (Å²) in [5.74, 6) is 0.864. The van der Waals surface area contributed by atoms with Gasteiger partial charge in [0.15, 0.2) is 0 Å². The molecule has 1 aromatic heterocycles. The Labute approximate surface area is 205 Å². The second-order valence-electron chi connectivity index (χ2n) is 7.03. The number of alkyl halides is 3. The molecule has 1 aliphatic carbocycles. The number of carbonyl (C=O) groups is 1. The smallest absolute Gasteiger partial charge is 0.416 e. The summed E-state index contributed by atoms with van der Waals surface area (Å²) in [6.07, 6.45) is 3.39. The molecule has 1 aliphatic rings. The van der Waals surface area contributed by atoms with E-state index in [1.807, 2.05) is 20.9 Å². The number of carbonyl (C=O) groups excluding carboxylic acids is 1. The first-order valence-electron chi connectivity index (χ1n) is 11.2. The molecule has 0 radical (unpaired) electrons. The number of aromatic nitrogens is 1. The highest BCUT2D eigenvalue weighted by Gasteiger charge is 2.32. The lowest BCUT2D eigenvalue weighted by Crippen LogP contribution is -2.19. The Bertz CT molecular complexity index is 1050. The average molecular weight is 491 g/mol. The molecule has 0 fully saturated rings. The predicted octanol–water partition coefficient (Wildman–Crippen LogP) is 6.20. The number of aryl methyl sites for hydroxylation is 1. The summed E-state index contributed by atoms with van der Waals surface area (Å²) < 4.78 is 45.0. The van der Waals surface area contributed by atoms with E-state index in [1.54, 1.807) is 36.6 Å². The van der Waals surface area contributed by atoms with Crippen LogP contribution in [0.2, 0.25) is 0 Å². The number of rotatable bonds is 6. The lowest BCUT2D eigenvalue weighted by Gasteiger charge is -2.18. The molecule has 0 spiro atoms. The van der Waals surface area contributed by atoms with E-state index in [0.717, 1.165) is 11.8 Å². The summed E-state index contributed by atoms with van der Waals surface area (Å²) in [5, 5.41) is 8.23. The van der Waals surface area contributed by atoms with Crippen molar-refractivity contribution in [1.29, 1.82) is 0 Å². The zero-order valence-corrected chi connectivity index (χ0v) is 20.7. The highest BCUT2D eigenvalue weighted by molar-refractivity contribution is 5.92. The number of benzene rings is 1. The van der Waals surface area contributed by atoms with Gasteiger partial charge in [0, 0.05) is 44.2 Å². The Morgan fingerprint density at radius 2 is 1.80 bits per heavy atom. The first kappa shape index (κ1) is 29.3. The molecular weight excluding hydrogens is 457 g/mol. The monoisotopic (exact) mass is 490 g/mol. The van der Waals surface area contributed by atoms with E-state index in [-0.39, 0.29) is 17.2 Å². The van der Waals surface area contributed by atoms with Crippen LogP contribution in [0.4, 0.5) is 18.9 Å². The van der Waals surface area contributed by atoms with Gasteiger partial charge in [-0.3, -0.25) is 9.78 Å². The van der Waals surface area contributed by atoms with E-state index >= 15 is 0 Å². The van der Waals surface area contributed by atoms with Crippen molar-refractivity contribution >= 4 is 11.6 Å². The summed E-state index contributed by atoms with van der Waals surface area (Å²) in [6.45, 7) is 8.81. The number of nitrogens with zero attached hydrogens (tertiary/aromatic N) is 1. The van der Waals surface area contributed by atoms with Gasteiger partial charge in [-0.2, -0.15) is 13.2 Å². The van der Waals surface area contributed by atoms with Crippen molar-refractivity contribution in [3.05, 3.63) is 89.7 Å². The van der Waals surface area contributed by atoms with Gasteiger partial charge in [-0.1, -0.05) is 26.5 Å². The molecule has 0 unspecified atom stereocenters. The van der Waals surface area contributed by atoms with Gasteiger partial charge < -0.3 is 20.7 Å². The van der Waals surface area contributed by atoms with Crippen LogP contribution in [0.25, 0.3) is 0 Å². The third-order valence-electron chi connectivity index (χ3n) is 4.60. The van der Waals surface area contributed by atoms with E-state index in [9.17, 15) is 18.0 Å². The van der Waals surface area contributed by atoms with Gasteiger partial charge in [0.05, 0.1) is 5.56 Å². The molecule has 9 heteroatoms. The first-order chi connectivity index (χ1) is 16.7. The molecule has 1 heterocycles. The molecule has 0 aliphatic heterocycles. The predicted molar refractivity (Wildman–Crippen MR) is 134 cm³/mol. The lowest BCUT2D eigenvalue weighted by atomic mass is 10.1. The van der Waals surface area contributed by atoms with E-state index in [1.165, 1.54) is 26.2 Å². The van der Waals surface area contributed by atoms with Crippen LogP contribution in [-0.2, 0) is 6.18 Å². The van der Waals surface area contributed by atoms with Crippen molar-refractivity contribution in [2.75, 3.05) is 19.4 Å². The Morgan fingerprint density at radius 3 is 2.34 bits per heavy atom. The Balaban J connectivity index is 0.000000926. The number of amides is 1. The number of nitrogens with one attached hydrogen (secondary N) is 3. The zero-order chi connectivity index (χ0) is 26.4. The number of pyridine rings is 1. The Kier molecular flexibility index (Phi) is 12.1. The highest BCUT2D eigenvalue weighted by Crippen LogP contribution is 2.34. The molecule has 6 nitrogen and oxygen atoms in total. The Morgan fingerprint density at radius 1 is 1.11 bits per heavy atom. The number of hydrogen-bond donors (Lipinski definition) is 3. The maximum atomic E-state index is 13.1. The molecule has 0 atom stereocenters. The van der Waals surface area contributed by atoms with Crippen LogP contribution in [0.1, 0.15) is 48.3 Å². The molecule has 190 valence electrons. The molecular formula is C26H33F3N4O2. The fourth-order valence-electron chi connectivity index (χ4n) is 2.88. The van der Waals surface area contributed by atoms with E-state index in [4.69, 9.17) is 4.74 Å². The highest BCUT2D eigenvalue weighted by atomic mass is 19.4. The molecule has 3 rings (SSSR count). The molecule has 0 bridgehead atoms. The molecule has 0 saturated heterocycles. The van der Waals surface area contributed by atoms with E-state index in [2.05, 4.69) is 27.5 Å². The van der Waals surface area contributed by atoms with Crippen LogP contribution >= 0.6 is 0 Å². The summed E-state index contributed by atoms with van der Waals surface area (Å²) in [6, 6.07) is 7.38. The van der Waals surface area contributed by atoms with Crippen molar-refractivity contribution in [3.63, 3.8) is 0 Å². The summed E-state index contributed by atoms with van der Waals surface area (Å²) in [7, 11) is 3.33. The van der Waals surface area contributed by atoms with Gasteiger partial charge in [0.1, 0.15) is 17.2 Å². The maximum Gasteiger partial charge on any atom is 0.416 e. The zero-order valence-electron chi connectivity index (χ0n) is 20.7. The third kappa shape index (κ3) is 9.56. The standard InChI is InChI=1S/C21H20F3N3O2.C3H7N.C2H6/c1-13-3-4-15(11-18(13)21(22,23)24)27-14-5-7-16(8-6-14)29-17-9-10-26-19(12-17)20(28)25-2;1-3-4-2;1-2/h3-5,7,9-12,27H,6,8H2,1-2H3,(H,25,28);3-4H,1H2,2H3;1-2H3. The van der Waals surface area contributed by atoms with Crippen molar-refractivity contribution in [1.82, 2.24) is 15.6 Å². The number of ether oxygens (including phenoxy) is 1. The van der Waals surface area contributed by atoms with Gasteiger partial charge in [-0.25, -0.2) is 0 Å². The second-order valence-corrected chi connectivity index (χ2v) is 7.03. The summed E-state index contributed by atoms with van der Waals surface area (Å²) >= 11 is 0. The molecule has 35 heavy (non-hydrogen) atoms. The second kappa shape index (κ2) is 14.5. The average Bonchev–Trinajstić information content (AvgIpc) is 2.86. The molecule has 0 saturated carbocycles. The van der Waals surface area contributed by atoms with Crippen molar-refractivity contribution in [3.8, 4) is 5.75 Å². The minimum absolute atomic E-state index is 0.185. The van der Waals surface area contributed by atoms with Crippen molar-refractivity contribution in [2.24, 2.45) is 0 Å². The topological polar surface area (TPSA) is 75.3 Å². The SMILES string of the molecule is C=CNC.CC.CNC(=O)c1cc(OC2=CC=C(Nc3ccc(C)c(C(F)(F)F)c3)CC2)ccn1. The quantitative estimate of drug-likeness (QED) is 0.450. The molecule has 1 amide bonds. The number of hydrogen-bond acceptors (Lipinski definition) is 5. The van der Waals surface area contributed by atoms with Crippen LogP contribution in [0.5, 0.6) is 5.75 Å². The largest absolute Gasteiger partial charge is 0.462 e. The third-order valence-corrected chi connectivity index (χ3v) is 4.60. The fourth-order valence-corrected chi connectivity index (χ4v) is 2.88. The minimum atomic E-state index is -4.39. The Hall–Kier alpha value is -3.75. The van der Waals surface area contributed by atoms with Crippen LogP contribution < -0.4 is 20.7 Å². The fraction of sp³-hybridized carbons (Fsp3) is 0.308. The summed E-state index contributed by atoms with van der Waals surface area (Å²) in [5.41, 5.74) is 0.957. The van der Waals surface area contributed by atoms with Crippen LogP contribution in [0.15, 0.2) is 72.9 Å². The molecule has 1 aromatic carbocycles. The van der Waals surface area contributed by atoms with Gasteiger partial charge in [-0.15, -0.1) is 0 Å². The minimum Gasteiger partial charge on any atom is -0.462 e. The number of halogens is 3. The van der Waals surface area contributed by atoms with Gasteiger partial charge in [-0.05, 0) is 55.5 Å². The summed E-state index contributed by atoms with van der Waals surface area (Å²) in [4.78, 5) is 15.6. The van der Waals surface area contributed by atoms with Crippen LogP contribution in [-0.4, -0.2) is 25.0 Å². The number of allylic oxidation sites excluding steroid dienone is 4. The van der Waals surface area contributed by atoms with Crippen molar-refractivity contribution in [2.45, 2.75) is 39.8 Å². The van der Waals surface area contributed by atoms with Crippen LogP contribution in [0, 0.1) is 6.92 Å². The van der Waals surface area contributed by atoms with E-state index < -0.39 is 11.7 Å². The first-order valence-corrected chi connectivity index (χ1v) is 11.2. The number of anilines is 1. The lowest BCUT2D eigenvalue weighted by molar-refractivity contribution is -0.138. The van der Waals surface area contributed by atoms with E-state index in [0.29, 0.717) is 30.0 Å². The van der Waals surface area contributed by atoms with Crippen molar-refractivity contribution < 1.29 is 22.7 Å². The van der Waals surface area contributed by atoms with Gasteiger partial charge in [0.25, 0.3) is 5.91 Å². The van der Waals surface area contributed by atoms with Gasteiger partial charge >= 0.3 is 6.18 Å². The molecule has 2 aromatic rings. The molecule has 3 N–H and O–H groups in total. The maximum absolute atomic E-state index is 13.1. The van der Waals surface area contributed by atoms with Crippen LogP contribution in [0.3, 0.4) is 0 Å². The van der Waals surface area contributed by atoms with Gasteiger partial charge in [0.2, 0.25) is 0 Å². The normalized spacial score (nSPS) is 12.3.